The lowest BCUT2D eigenvalue weighted by molar-refractivity contribution is -0.114. The number of carbonyl (C=O) groups excluding carboxylic acids is 1. The van der Waals surface area contributed by atoms with Crippen molar-refractivity contribution in [1.82, 2.24) is 9.47 Å². The van der Waals surface area contributed by atoms with E-state index in [0.29, 0.717) is 6.54 Å². The summed E-state index contributed by atoms with van der Waals surface area (Å²) >= 11 is 0.777. The highest BCUT2D eigenvalue weighted by atomic mass is 32.2. The number of para-hydroxylation sites is 1. The maximum atomic E-state index is 12.7. The van der Waals surface area contributed by atoms with Crippen molar-refractivity contribution in [3.8, 4) is 0 Å². The van der Waals surface area contributed by atoms with E-state index in [0.717, 1.165) is 45.1 Å². The fraction of sp³-hybridized carbons (Fsp3) is 0.0909. The van der Waals surface area contributed by atoms with E-state index in [1.807, 2.05) is 60.8 Å². The fourth-order valence-corrected chi connectivity index (χ4v) is 5.54. The minimum Gasteiger partial charge on any atom is -0.342 e. The predicted octanol–water partition coefficient (Wildman–Crippen LogP) is 3.31. The van der Waals surface area contributed by atoms with E-state index < -0.39 is 15.7 Å². The minimum atomic E-state index is -3.69. The van der Waals surface area contributed by atoms with Gasteiger partial charge >= 0.3 is 0 Å². The van der Waals surface area contributed by atoms with E-state index in [1.165, 1.54) is 0 Å². The molecule has 0 aliphatic carbocycles. The van der Waals surface area contributed by atoms with Gasteiger partial charge in [0, 0.05) is 35.5 Å². The van der Waals surface area contributed by atoms with Crippen LogP contribution in [0.2, 0.25) is 0 Å². The Hall–Kier alpha value is -3.50. The second-order valence-electron chi connectivity index (χ2n) is 7.39. The highest BCUT2D eigenvalue weighted by molar-refractivity contribution is 8.16. The SMILES string of the molecule is CS(=O)(=O)C1=NSC2=NC(=O)/C(=C\c3cn(Cc4ccccc4)c4ccccc34)C(=N)N21. The molecule has 0 radical (unpaired) electrons. The Morgan fingerprint density at radius 3 is 2.56 bits per heavy atom. The number of sulfone groups is 1. The maximum Gasteiger partial charge on any atom is 0.283 e. The Morgan fingerprint density at radius 2 is 1.81 bits per heavy atom. The summed E-state index contributed by atoms with van der Waals surface area (Å²) in [5.74, 6) is -0.854. The molecule has 2 aliphatic rings. The molecule has 0 spiro atoms. The molecule has 160 valence electrons. The van der Waals surface area contributed by atoms with Gasteiger partial charge in [-0.15, -0.1) is 0 Å². The molecule has 2 aliphatic heterocycles. The van der Waals surface area contributed by atoms with E-state index in [1.54, 1.807) is 6.08 Å². The molecule has 0 atom stereocenters. The number of fused-ring (bicyclic) bond motifs is 2. The van der Waals surface area contributed by atoms with Crippen LogP contribution in [0.1, 0.15) is 11.1 Å². The van der Waals surface area contributed by atoms with Crippen LogP contribution in [0.15, 0.2) is 75.8 Å². The van der Waals surface area contributed by atoms with Crippen LogP contribution in [0.3, 0.4) is 0 Å². The Balaban J connectivity index is 1.59. The second-order valence-corrected chi connectivity index (χ2v) is 10.0. The van der Waals surface area contributed by atoms with Crippen molar-refractivity contribution < 1.29 is 13.2 Å². The van der Waals surface area contributed by atoms with Crippen LogP contribution in [0.4, 0.5) is 0 Å². The number of amidine groups is 3. The lowest BCUT2D eigenvalue weighted by atomic mass is 10.1. The number of aromatic nitrogens is 1. The number of benzene rings is 2. The topological polar surface area (TPSA) is 108 Å². The lowest BCUT2D eigenvalue weighted by Crippen LogP contribution is -2.45. The van der Waals surface area contributed by atoms with E-state index in [9.17, 15) is 13.2 Å². The van der Waals surface area contributed by atoms with Crippen LogP contribution in [0.25, 0.3) is 17.0 Å². The van der Waals surface area contributed by atoms with Crippen LogP contribution in [-0.4, -0.2) is 46.2 Å². The smallest absolute Gasteiger partial charge is 0.283 e. The summed E-state index contributed by atoms with van der Waals surface area (Å²) in [7, 11) is -3.69. The monoisotopic (exact) mass is 463 g/mol. The molecule has 10 heteroatoms. The molecule has 8 nitrogen and oxygen atoms in total. The molecule has 1 aromatic heterocycles. The molecule has 1 amide bonds. The summed E-state index contributed by atoms with van der Waals surface area (Å²) in [6, 6.07) is 17.8. The first-order valence-electron chi connectivity index (χ1n) is 9.63. The first-order chi connectivity index (χ1) is 15.3. The lowest BCUT2D eigenvalue weighted by Gasteiger charge is -2.23. The third-order valence-corrected chi connectivity index (χ3v) is 6.90. The van der Waals surface area contributed by atoms with Gasteiger partial charge in [0.15, 0.2) is 0 Å². The van der Waals surface area contributed by atoms with Crippen molar-refractivity contribution in [2.24, 2.45) is 9.39 Å². The average molecular weight is 464 g/mol. The van der Waals surface area contributed by atoms with E-state index in [-0.39, 0.29) is 21.7 Å². The molecule has 0 fully saturated rings. The number of hydrogen-bond donors (Lipinski definition) is 1. The van der Waals surface area contributed by atoms with Gasteiger partial charge in [0.05, 0.1) is 17.5 Å². The van der Waals surface area contributed by atoms with Gasteiger partial charge in [-0.3, -0.25) is 10.2 Å². The number of nitrogens with zero attached hydrogens (tertiary/aromatic N) is 4. The molecule has 3 heterocycles. The van der Waals surface area contributed by atoms with Crippen molar-refractivity contribution in [1.29, 1.82) is 5.41 Å². The molecule has 0 bridgehead atoms. The van der Waals surface area contributed by atoms with Crippen LogP contribution in [-0.2, 0) is 21.2 Å². The van der Waals surface area contributed by atoms with Crippen LogP contribution in [0.5, 0.6) is 0 Å². The Morgan fingerprint density at radius 1 is 1.09 bits per heavy atom. The number of nitrogens with one attached hydrogen (secondary N) is 1. The molecule has 5 rings (SSSR count). The summed E-state index contributed by atoms with van der Waals surface area (Å²) in [5.41, 5.74) is 2.87. The minimum absolute atomic E-state index is 0.00946. The number of rotatable bonds is 3. The zero-order valence-corrected chi connectivity index (χ0v) is 18.5. The molecule has 0 saturated heterocycles. The molecular weight excluding hydrogens is 446 g/mol. The zero-order chi connectivity index (χ0) is 22.5. The molecule has 32 heavy (non-hydrogen) atoms. The molecule has 1 N–H and O–H groups in total. The van der Waals surface area contributed by atoms with Gasteiger partial charge in [0.1, 0.15) is 5.84 Å². The summed E-state index contributed by atoms with van der Waals surface area (Å²) in [6.07, 6.45) is 4.53. The van der Waals surface area contributed by atoms with Gasteiger partial charge in [0.2, 0.25) is 20.2 Å². The summed E-state index contributed by atoms with van der Waals surface area (Å²) in [4.78, 5) is 17.8. The molecule has 0 unspecified atom stereocenters. The molecule has 3 aromatic rings. The first kappa shape index (κ1) is 20.4. The normalized spacial score (nSPS) is 17.7. The van der Waals surface area contributed by atoms with Crippen molar-refractivity contribution in [2.75, 3.05) is 6.26 Å². The van der Waals surface area contributed by atoms with Crippen LogP contribution < -0.4 is 0 Å². The van der Waals surface area contributed by atoms with E-state index >= 15 is 0 Å². The Bertz CT molecular complexity index is 1480. The number of amides is 1. The molecule has 0 saturated carbocycles. The van der Waals surface area contributed by atoms with Crippen molar-refractivity contribution in [3.63, 3.8) is 0 Å². The fourth-order valence-electron chi connectivity index (χ4n) is 3.69. The summed E-state index contributed by atoms with van der Waals surface area (Å²) in [6.45, 7) is 0.645. The third-order valence-electron chi connectivity index (χ3n) is 5.14. The quantitative estimate of drug-likeness (QED) is 0.474. The van der Waals surface area contributed by atoms with Crippen molar-refractivity contribution >= 4 is 60.8 Å². The number of aliphatic imine (C=N–C) groups is 1. The van der Waals surface area contributed by atoms with Gasteiger partial charge in [-0.05, 0) is 17.7 Å². The predicted molar refractivity (Wildman–Crippen MR) is 127 cm³/mol. The third kappa shape index (κ3) is 3.47. The van der Waals surface area contributed by atoms with Crippen molar-refractivity contribution in [3.05, 3.63) is 77.5 Å². The van der Waals surface area contributed by atoms with Gasteiger partial charge in [-0.1, -0.05) is 48.5 Å². The number of carbonyl (C=O) groups is 1. The van der Waals surface area contributed by atoms with Crippen LogP contribution in [0, 0.1) is 5.41 Å². The molecule has 2 aromatic carbocycles. The summed E-state index contributed by atoms with van der Waals surface area (Å²) in [5, 5.41) is 9.24. The van der Waals surface area contributed by atoms with Gasteiger partial charge in [-0.2, -0.15) is 9.39 Å². The van der Waals surface area contributed by atoms with Gasteiger partial charge < -0.3 is 4.57 Å². The highest BCUT2D eigenvalue weighted by Crippen LogP contribution is 2.31. The van der Waals surface area contributed by atoms with Gasteiger partial charge in [0.25, 0.3) is 5.91 Å². The second kappa shape index (κ2) is 7.57. The van der Waals surface area contributed by atoms with Crippen molar-refractivity contribution in [2.45, 2.75) is 6.54 Å². The standard InChI is InChI=1S/C22H17N5O3S2/c1-32(29,30)22-25-31-21-24-20(28)17(19(23)27(21)22)11-15-13-26(12-14-7-3-2-4-8-14)18-10-6-5-9-16(15)18/h2-11,13,23H,12H2,1H3/b17-11-,23-19?. The molecular formula is C22H17N5O3S2. The Labute approximate surface area is 188 Å². The maximum absolute atomic E-state index is 12.7. The highest BCUT2D eigenvalue weighted by Gasteiger charge is 2.41. The Kier molecular flexibility index (Phi) is 4.83. The van der Waals surface area contributed by atoms with E-state index in [2.05, 4.69) is 14.0 Å². The van der Waals surface area contributed by atoms with Gasteiger partial charge in [-0.25, -0.2) is 13.3 Å². The summed E-state index contributed by atoms with van der Waals surface area (Å²) < 4.78 is 30.2. The number of hydrogen-bond acceptors (Lipinski definition) is 6. The zero-order valence-electron chi connectivity index (χ0n) is 16.9. The van der Waals surface area contributed by atoms with Crippen LogP contribution >= 0.6 is 11.9 Å². The largest absolute Gasteiger partial charge is 0.342 e. The average Bonchev–Trinajstić information content (AvgIpc) is 3.34. The van der Waals surface area contributed by atoms with E-state index in [4.69, 9.17) is 5.41 Å². The first-order valence-corrected chi connectivity index (χ1v) is 12.3.